The number of rotatable bonds is 4. The molecular weight excluding hydrogens is 398 g/mol. The standard InChI is InChI=1S/C27H25N3O2/c1-5-32-19-13-22(26-16(2)18(4)29-24(26)14-19)20-10-8-12-25(17(20)3)30-15-28-23-11-7-6-9-21(23)27(30)31/h6-15,29H,5H2,1-4H3. The Bertz CT molecular complexity index is 1540. The Morgan fingerprint density at radius 3 is 2.59 bits per heavy atom. The summed E-state index contributed by atoms with van der Waals surface area (Å²) >= 11 is 0. The number of nitrogens with one attached hydrogen (secondary N) is 1. The average molecular weight is 424 g/mol. The van der Waals surface area contributed by atoms with Gasteiger partial charge in [-0.05, 0) is 74.2 Å². The third-order valence-corrected chi connectivity index (χ3v) is 6.20. The molecule has 5 rings (SSSR count). The molecule has 32 heavy (non-hydrogen) atoms. The predicted molar refractivity (Wildman–Crippen MR) is 130 cm³/mol. The molecule has 0 radical (unpaired) electrons. The predicted octanol–water partition coefficient (Wildman–Crippen LogP) is 5.86. The van der Waals surface area contributed by atoms with Gasteiger partial charge in [-0.15, -0.1) is 0 Å². The number of fused-ring (bicyclic) bond motifs is 2. The zero-order chi connectivity index (χ0) is 22.4. The molecule has 0 spiro atoms. The number of hydrogen-bond acceptors (Lipinski definition) is 3. The Kier molecular flexibility index (Phi) is 4.82. The quantitative estimate of drug-likeness (QED) is 0.394. The second-order valence-corrected chi connectivity index (χ2v) is 8.09. The molecule has 0 aliphatic rings. The van der Waals surface area contributed by atoms with Gasteiger partial charge in [-0.1, -0.05) is 24.3 Å². The highest BCUT2D eigenvalue weighted by molar-refractivity contribution is 6.00. The monoisotopic (exact) mass is 423 g/mol. The highest BCUT2D eigenvalue weighted by Gasteiger charge is 2.17. The topological polar surface area (TPSA) is 59.9 Å². The lowest BCUT2D eigenvalue weighted by molar-refractivity contribution is 0.341. The third kappa shape index (κ3) is 3.09. The molecule has 0 saturated carbocycles. The summed E-state index contributed by atoms with van der Waals surface area (Å²) in [6.07, 6.45) is 1.62. The van der Waals surface area contributed by atoms with Crippen LogP contribution in [0.4, 0.5) is 0 Å². The van der Waals surface area contributed by atoms with Crippen molar-refractivity contribution in [2.75, 3.05) is 6.61 Å². The number of aromatic amines is 1. The Morgan fingerprint density at radius 2 is 1.78 bits per heavy atom. The van der Waals surface area contributed by atoms with Gasteiger partial charge in [0.05, 0.1) is 28.7 Å². The van der Waals surface area contributed by atoms with E-state index in [-0.39, 0.29) is 5.56 Å². The van der Waals surface area contributed by atoms with Crippen LogP contribution in [0.3, 0.4) is 0 Å². The van der Waals surface area contributed by atoms with Crippen LogP contribution >= 0.6 is 0 Å². The number of ether oxygens (including phenoxy) is 1. The van der Waals surface area contributed by atoms with E-state index in [4.69, 9.17) is 4.74 Å². The first-order chi connectivity index (χ1) is 15.5. The van der Waals surface area contributed by atoms with Gasteiger partial charge in [0.25, 0.3) is 5.56 Å². The van der Waals surface area contributed by atoms with Gasteiger partial charge in [-0.3, -0.25) is 9.36 Å². The summed E-state index contributed by atoms with van der Waals surface area (Å²) in [7, 11) is 0. The molecule has 0 bridgehead atoms. The van der Waals surface area contributed by atoms with Crippen molar-refractivity contribution in [3.8, 4) is 22.6 Å². The molecule has 0 atom stereocenters. The van der Waals surface area contributed by atoms with E-state index in [0.29, 0.717) is 17.5 Å². The van der Waals surface area contributed by atoms with Crippen molar-refractivity contribution >= 4 is 21.8 Å². The lowest BCUT2D eigenvalue weighted by Crippen LogP contribution is -2.19. The second kappa shape index (κ2) is 7.68. The maximum absolute atomic E-state index is 13.2. The first-order valence-electron chi connectivity index (χ1n) is 10.8. The summed E-state index contributed by atoms with van der Waals surface area (Å²) < 4.78 is 7.50. The molecule has 0 amide bonds. The maximum atomic E-state index is 13.2. The largest absolute Gasteiger partial charge is 0.494 e. The molecule has 0 saturated heterocycles. The van der Waals surface area contributed by atoms with E-state index in [2.05, 4.69) is 48.9 Å². The highest BCUT2D eigenvalue weighted by atomic mass is 16.5. The molecular formula is C27H25N3O2. The van der Waals surface area contributed by atoms with Crippen molar-refractivity contribution in [3.05, 3.63) is 88.1 Å². The molecule has 160 valence electrons. The normalized spacial score (nSPS) is 11.4. The van der Waals surface area contributed by atoms with Crippen LogP contribution in [0.15, 0.2) is 65.7 Å². The van der Waals surface area contributed by atoms with Crippen LogP contribution in [0.25, 0.3) is 38.6 Å². The Labute approximate surface area is 186 Å². The molecule has 5 nitrogen and oxygen atoms in total. The minimum absolute atomic E-state index is 0.0715. The zero-order valence-electron chi connectivity index (χ0n) is 18.7. The van der Waals surface area contributed by atoms with Crippen LogP contribution in [0.2, 0.25) is 0 Å². The number of hydrogen-bond donors (Lipinski definition) is 1. The Morgan fingerprint density at radius 1 is 0.969 bits per heavy atom. The molecule has 2 aromatic heterocycles. The van der Waals surface area contributed by atoms with Gasteiger partial charge in [0.1, 0.15) is 12.1 Å². The van der Waals surface area contributed by atoms with Crippen molar-refractivity contribution in [1.29, 1.82) is 0 Å². The molecule has 5 aromatic rings. The second-order valence-electron chi connectivity index (χ2n) is 8.09. The van der Waals surface area contributed by atoms with Crippen LogP contribution in [0, 0.1) is 20.8 Å². The number of nitrogens with zero attached hydrogens (tertiary/aromatic N) is 2. The van der Waals surface area contributed by atoms with Crippen LogP contribution in [-0.2, 0) is 0 Å². The molecule has 0 unspecified atom stereocenters. The lowest BCUT2D eigenvalue weighted by atomic mass is 9.94. The van der Waals surface area contributed by atoms with Crippen molar-refractivity contribution in [2.24, 2.45) is 0 Å². The van der Waals surface area contributed by atoms with Crippen LogP contribution in [0.5, 0.6) is 5.75 Å². The van der Waals surface area contributed by atoms with Gasteiger partial charge < -0.3 is 9.72 Å². The molecule has 0 aliphatic heterocycles. The lowest BCUT2D eigenvalue weighted by Gasteiger charge is -2.16. The molecule has 2 heterocycles. The third-order valence-electron chi connectivity index (χ3n) is 6.20. The number of para-hydroxylation sites is 1. The maximum Gasteiger partial charge on any atom is 0.265 e. The minimum atomic E-state index is -0.0715. The first-order valence-corrected chi connectivity index (χ1v) is 10.8. The van der Waals surface area contributed by atoms with Crippen molar-refractivity contribution in [1.82, 2.24) is 14.5 Å². The fourth-order valence-electron chi connectivity index (χ4n) is 4.48. The van der Waals surface area contributed by atoms with E-state index in [9.17, 15) is 4.79 Å². The van der Waals surface area contributed by atoms with E-state index < -0.39 is 0 Å². The molecule has 3 aromatic carbocycles. The van der Waals surface area contributed by atoms with Gasteiger partial charge in [-0.25, -0.2) is 4.98 Å². The molecule has 0 fully saturated rings. The van der Waals surface area contributed by atoms with E-state index in [0.717, 1.165) is 39.3 Å². The Hall–Kier alpha value is -3.86. The summed E-state index contributed by atoms with van der Waals surface area (Å²) in [5, 5.41) is 1.79. The van der Waals surface area contributed by atoms with Crippen molar-refractivity contribution < 1.29 is 4.74 Å². The number of benzene rings is 3. The summed E-state index contributed by atoms with van der Waals surface area (Å²) in [6, 6.07) is 17.7. The van der Waals surface area contributed by atoms with Crippen molar-refractivity contribution in [3.63, 3.8) is 0 Å². The van der Waals surface area contributed by atoms with Gasteiger partial charge in [0.15, 0.2) is 0 Å². The summed E-state index contributed by atoms with van der Waals surface area (Å²) in [5.74, 6) is 0.825. The number of H-pyrrole nitrogens is 1. The van der Waals surface area contributed by atoms with Gasteiger partial charge in [-0.2, -0.15) is 0 Å². The minimum Gasteiger partial charge on any atom is -0.494 e. The smallest absolute Gasteiger partial charge is 0.265 e. The zero-order valence-corrected chi connectivity index (χ0v) is 18.7. The summed E-state index contributed by atoms with van der Waals surface area (Å²) in [5.41, 5.74) is 8.03. The number of aryl methyl sites for hydroxylation is 2. The molecule has 0 aliphatic carbocycles. The number of aromatic nitrogens is 3. The average Bonchev–Trinajstić information content (AvgIpc) is 3.08. The molecule has 5 heteroatoms. The summed E-state index contributed by atoms with van der Waals surface area (Å²) in [4.78, 5) is 21.2. The van der Waals surface area contributed by atoms with Gasteiger partial charge >= 0.3 is 0 Å². The summed E-state index contributed by atoms with van der Waals surface area (Å²) in [6.45, 7) is 8.86. The first kappa shape index (κ1) is 20.1. The van der Waals surface area contributed by atoms with E-state index >= 15 is 0 Å². The highest BCUT2D eigenvalue weighted by Crippen LogP contribution is 2.38. The van der Waals surface area contributed by atoms with Crippen molar-refractivity contribution in [2.45, 2.75) is 27.7 Å². The SMILES string of the molecule is CCOc1cc(-c2cccc(-n3cnc4ccccc4c3=O)c2C)c2c(C)c(C)[nH]c2c1. The van der Waals surface area contributed by atoms with Gasteiger partial charge in [0.2, 0.25) is 0 Å². The van der Waals surface area contributed by atoms with Crippen LogP contribution in [-0.4, -0.2) is 21.1 Å². The van der Waals surface area contributed by atoms with E-state index in [1.54, 1.807) is 10.9 Å². The Balaban J connectivity index is 1.78. The van der Waals surface area contributed by atoms with E-state index in [1.807, 2.05) is 43.3 Å². The van der Waals surface area contributed by atoms with Crippen LogP contribution in [0.1, 0.15) is 23.7 Å². The fraction of sp³-hybridized carbons (Fsp3) is 0.185. The fourth-order valence-corrected chi connectivity index (χ4v) is 4.48. The van der Waals surface area contributed by atoms with Gasteiger partial charge in [0, 0.05) is 17.1 Å². The van der Waals surface area contributed by atoms with Crippen LogP contribution < -0.4 is 10.3 Å². The molecule has 1 N–H and O–H groups in total. The van der Waals surface area contributed by atoms with E-state index in [1.165, 1.54) is 10.9 Å².